The van der Waals surface area contributed by atoms with Gasteiger partial charge >= 0.3 is 11.9 Å². The molecule has 92 valence electrons. The van der Waals surface area contributed by atoms with Crippen LogP contribution in [0.15, 0.2) is 0 Å². The molecule has 6 nitrogen and oxygen atoms in total. The van der Waals surface area contributed by atoms with E-state index in [2.05, 4.69) is 5.32 Å². The van der Waals surface area contributed by atoms with Gasteiger partial charge in [-0.2, -0.15) is 0 Å². The number of rotatable bonds is 6. The number of aliphatic carboxylic acids is 1. The standard InChI is InChI=1S/C10H17NO5/c1-6(16-8(3)13)9(11-7(2)12)4-5-10(14)15/h6,9H,4-5H2,1-3H3,(H,11,12)(H,14,15)/t6-,9-/m0/s1. The van der Waals surface area contributed by atoms with Gasteiger partial charge in [0.1, 0.15) is 6.10 Å². The Morgan fingerprint density at radius 2 is 1.88 bits per heavy atom. The lowest BCUT2D eigenvalue weighted by atomic mass is 10.1. The van der Waals surface area contributed by atoms with Crippen LogP contribution in [0.5, 0.6) is 0 Å². The minimum absolute atomic E-state index is 0.0868. The molecule has 0 aromatic rings. The number of nitrogens with one attached hydrogen (secondary N) is 1. The van der Waals surface area contributed by atoms with Crippen LogP contribution in [-0.2, 0) is 19.1 Å². The number of carboxylic acids is 1. The molecule has 0 bridgehead atoms. The highest BCUT2D eigenvalue weighted by Crippen LogP contribution is 2.07. The average molecular weight is 231 g/mol. The van der Waals surface area contributed by atoms with Crippen molar-refractivity contribution >= 4 is 17.8 Å². The first-order chi connectivity index (χ1) is 7.32. The summed E-state index contributed by atoms with van der Waals surface area (Å²) in [6.07, 6.45) is -0.402. The molecule has 0 aromatic carbocycles. The molecule has 0 saturated carbocycles. The topological polar surface area (TPSA) is 92.7 Å². The second kappa shape index (κ2) is 6.81. The number of carbonyl (C=O) groups is 3. The Morgan fingerprint density at radius 3 is 2.25 bits per heavy atom. The van der Waals surface area contributed by atoms with Crippen LogP contribution in [-0.4, -0.2) is 35.1 Å². The fraction of sp³-hybridized carbons (Fsp3) is 0.700. The maximum Gasteiger partial charge on any atom is 0.303 e. The maximum absolute atomic E-state index is 10.9. The normalized spacial score (nSPS) is 13.7. The van der Waals surface area contributed by atoms with Gasteiger partial charge in [-0.1, -0.05) is 0 Å². The van der Waals surface area contributed by atoms with Gasteiger partial charge in [0.2, 0.25) is 5.91 Å². The molecule has 16 heavy (non-hydrogen) atoms. The maximum atomic E-state index is 10.9. The van der Waals surface area contributed by atoms with E-state index in [4.69, 9.17) is 9.84 Å². The second-order valence-electron chi connectivity index (χ2n) is 3.55. The zero-order chi connectivity index (χ0) is 12.7. The van der Waals surface area contributed by atoms with Crippen molar-refractivity contribution < 1.29 is 24.2 Å². The van der Waals surface area contributed by atoms with Gasteiger partial charge in [-0.05, 0) is 13.3 Å². The summed E-state index contributed by atoms with van der Waals surface area (Å²) < 4.78 is 4.90. The summed E-state index contributed by atoms with van der Waals surface area (Å²) in [5.41, 5.74) is 0. The molecule has 0 spiro atoms. The third kappa shape index (κ3) is 6.80. The molecule has 0 unspecified atom stereocenters. The Balaban J connectivity index is 4.33. The van der Waals surface area contributed by atoms with Crippen molar-refractivity contribution in [1.29, 1.82) is 0 Å². The van der Waals surface area contributed by atoms with Crippen LogP contribution < -0.4 is 5.32 Å². The largest absolute Gasteiger partial charge is 0.481 e. The summed E-state index contributed by atoms with van der Waals surface area (Å²) >= 11 is 0. The van der Waals surface area contributed by atoms with E-state index < -0.39 is 24.1 Å². The van der Waals surface area contributed by atoms with E-state index in [1.807, 2.05) is 0 Å². The number of hydrogen-bond donors (Lipinski definition) is 2. The second-order valence-corrected chi connectivity index (χ2v) is 3.55. The van der Waals surface area contributed by atoms with E-state index in [1.165, 1.54) is 13.8 Å². The van der Waals surface area contributed by atoms with Gasteiger partial charge in [-0.3, -0.25) is 14.4 Å². The lowest BCUT2D eigenvalue weighted by Gasteiger charge is -2.23. The van der Waals surface area contributed by atoms with Gasteiger partial charge in [0.05, 0.1) is 6.04 Å². The molecule has 0 heterocycles. The molecule has 0 aromatic heterocycles. The molecule has 0 aliphatic carbocycles. The van der Waals surface area contributed by atoms with Gasteiger partial charge < -0.3 is 15.2 Å². The summed E-state index contributed by atoms with van der Waals surface area (Å²) in [5, 5.41) is 11.1. The van der Waals surface area contributed by atoms with Crippen LogP contribution >= 0.6 is 0 Å². The van der Waals surface area contributed by atoms with E-state index in [0.29, 0.717) is 0 Å². The van der Waals surface area contributed by atoms with Crippen molar-refractivity contribution in [2.75, 3.05) is 0 Å². The zero-order valence-corrected chi connectivity index (χ0v) is 9.65. The molecular formula is C10H17NO5. The summed E-state index contributed by atoms with van der Waals surface area (Å²) in [5.74, 6) is -1.70. The highest BCUT2D eigenvalue weighted by Gasteiger charge is 2.21. The predicted octanol–water partition coefficient (Wildman–Crippen LogP) is 0.307. The van der Waals surface area contributed by atoms with E-state index in [1.54, 1.807) is 6.92 Å². The molecule has 0 radical (unpaired) electrons. The molecule has 1 amide bonds. The Labute approximate surface area is 94.0 Å². The Bertz CT molecular complexity index is 276. The number of ether oxygens (including phenoxy) is 1. The first kappa shape index (κ1) is 14.4. The quantitative estimate of drug-likeness (QED) is 0.642. The van der Waals surface area contributed by atoms with Crippen molar-refractivity contribution in [3.05, 3.63) is 0 Å². The molecule has 2 atom stereocenters. The van der Waals surface area contributed by atoms with Crippen molar-refractivity contribution in [2.45, 2.75) is 45.8 Å². The van der Waals surface area contributed by atoms with Crippen LogP contribution in [0, 0.1) is 0 Å². The van der Waals surface area contributed by atoms with Gasteiger partial charge in [0.15, 0.2) is 0 Å². The van der Waals surface area contributed by atoms with Crippen LogP contribution in [0.25, 0.3) is 0 Å². The van der Waals surface area contributed by atoms with Crippen LogP contribution in [0.4, 0.5) is 0 Å². The van der Waals surface area contributed by atoms with E-state index in [9.17, 15) is 14.4 Å². The molecular weight excluding hydrogens is 214 g/mol. The third-order valence-electron chi connectivity index (χ3n) is 1.98. The van der Waals surface area contributed by atoms with Crippen molar-refractivity contribution in [3.8, 4) is 0 Å². The Kier molecular flexibility index (Phi) is 6.14. The fourth-order valence-electron chi connectivity index (χ4n) is 1.31. The molecule has 6 heteroatoms. The summed E-state index contributed by atoms with van der Waals surface area (Å²) in [6.45, 7) is 4.20. The van der Waals surface area contributed by atoms with Gasteiger partial charge in [0, 0.05) is 20.3 Å². The van der Waals surface area contributed by atoms with Crippen LogP contribution in [0.1, 0.15) is 33.6 Å². The van der Waals surface area contributed by atoms with Crippen LogP contribution in [0.3, 0.4) is 0 Å². The first-order valence-electron chi connectivity index (χ1n) is 4.99. The van der Waals surface area contributed by atoms with Crippen molar-refractivity contribution in [1.82, 2.24) is 5.32 Å². The Morgan fingerprint density at radius 1 is 1.31 bits per heavy atom. The van der Waals surface area contributed by atoms with E-state index in [-0.39, 0.29) is 18.7 Å². The van der Waals surface area contributed by atoms with Gasteiger partial charge in [-0.15, -0.1) is 0 Å². The zero-order valence-electron chi connectivity index (χ0n) is 9.65. The van der Waals surface area contributed by atoms with Crippen molar-refractivity contribution in [3.63, 3.8) is 0 Å². The van der Waals surface area contributed by atoms with Gasteiger partial charge in [0.25, 0.3) is 0 Å². The number of esters is 1. The molecule has 0 fully saturated rings. The number of carbonyl (C=O) groups excluding carboxylic acids is 2. The van der Waals surface area contributed by atoms with Crippen LogP contribution in [0.2, 0.25) is 0 Å². The molecule has 0 aliphatic heterocycles. The highest BCUT2D eigenvalue weighted by molar-refractivity contribution is 5.73. The molecule has 0 saturated heterocycles. The summed E-state index contributed by atoms with van der Waals surface area (Å²) in [4.78, 5) is 32.0. The summed E-state index contributed by atoms with van der Waals surface area (Å²) in [6, 6.07) is -0.475. The van der Waals surface area contributed by atoms with Crippen molar-refractivity contribution in [2.24, 2.45) is 0 Å². The molecule has 2 N–H and O–H groups in total. The monoisotopic (exact) mass is 231 g/mol. The SMILES string of the molecule is CC(=O)N[C@@H](CCC(=O)O)[C@H](C)OC(C)=O. The number of carboxylic acid groups (broad SMARTS) is 1. The molecule has 0 rings (SSSR count). The molecule has 0 aliphatic rings. The lowest BCUT2D eigenvalue weighted by Crippen LogP contribution is -2.43. The lowest BCUT2D eigenvalue weighted by molar-refractivity contribution is -0.148. The van der Waals surface area contributed by atoms with E-state index in [0.717, 1.165) is 0 Å². The minimum atomic E-state index is -0.953. The predicted molar refractivity (Wildman–Crippen MR) is 55.7 cm³/mol. The van der Waals surface area contributed by atoms with Gasteiger partial charge in [-0.25, -0.2) is 0 Å². The fourth-order valence-corrected chi connectivity index (χ4v) is 1.31. The Hall–Kier alpha value is -1.59. The minimum Gasteiger partial charge on any atom is -0.481 e. The first-order valence-corrected chi connectivity index (χ1v) is 4.99. The summed E-state index contributed by atoms with van der Waals surface area (Å²) in [7, 11) is 0. The smallest absolute Gasteiger partial charge is 0.303 e. The van der Waals surface area contributed by atoms with E-state index >= 15 is 0 Å². The number of amides is 1. The third-order valence-corrected chi connectivity index (χ3v) is 1.98. The average Bonchev–Trinajstić information content (AvgIpc) is 2.09. The highest BCUT2D eigenvalue weighted by atomic mass is 16.5. The number of hydrogen-bond acceptors (Lipinski definition) is 4.